The molecule has 1 rings (SSSR count). The third-order valence-electron chi connectivity index (χ3n) is 1.80. The first-order valence-electron chi connectivity index (χ1n) is 3.41. The molecule has 0 aromatic rings. The molecular formula is C7H14N2. The highest BCUT2D eigenvalue weighted by molar-refractivity contribution is 5.08. The smallest absolute Gasteiger partial charge is 0.0650 e. The lowest BCUT2D eigenvalue weighted by molar-refractivity contribution is 0.661. The molecule has 0 aliphatic carbocycles. The van der Waals surface area contributed by atoms with Crippen LogP contribution in [0, 0.1) is 0 Å². The Morgan fingerprint density at radius 1 is 1.33 bits per heavy atom. The third kappa shape index (κ3) is 1.72. The maximum absolute atomic E-state index is 3.26. The lowest BCUT2D eigenvalue weighted by Gasteiger charge is -2.02. The van der Waals surface area contributed by atoms with E-state index in [1.165, 1.54) is 17.7 Å². The fourth-order valence-corrected chi connectivity index (χ4v) is 0.898. The van der Waals surface area contributed by atoms with Crippen LogP contribution in [0.1, 0.15) is 20.3 Å². The van der Waals surface area contributed by atoms with Gasteiger partial charge in [-0.3, -0.25) is 5.32 Å². The van der Waals surface area contributed by atoms with Gasteiger partial charge >= 0.3 is 0 Å². The molecule has 0 aromatic heterocycles. The van der Waals surface area contributed by atoms with E-state index in [1.54, 1.807) is 0 Å². The molecule has 0 bridgehead atoms. The van der Waals surface area contributed by atoms with E-state index in [-0.39, 0.29) is 0 Å². The normalized spacial score (nSPS) is 21.1. The first-order valence-corrected chi connectivity index (χ1v) is 3.41. The first kappa shape index (κ1) is 6.62. The highest BCUT2D eigenvalue weighted by atomic mass is 15.1. The fraction of sp³-hybridized carbons (Fsp3) is 0.714. The van der Waals surface area contributed by atoms with Crippen molar-refractivity contribution in [1.82, 2.24) is 10.6 Å². The molecule has 0 amide bonds. The summed E-state index contributed by atoms with van der Waals surface area (Å²) in [6, 6.07) is 0. The van der Waals surface area contributed by atoms with Crippen molar-refractivity contribution in [2.75, 3.05) is 13.2 Å². The minimum Gasteiger partial charge on any atom is -0.376 e. The van der Waals surface area contributed by atoms with Crippen LogP contribution in [0.3, 0.4) is 0 Å². The van der Waals surface area contributed by atoms with E-state index in [2.05, 4.69) is 24.5 Å². The van der Waals surface area contributed by atoms with Gasteiger partial charge in [-0.1, -0.05) is 5.57 Å². The zero-order chi connectivity index (χ0) is 6.69. The van der Waals surface area contributed by atoms with Crippen molar-refractivity contribution in [2.45, 2.75) is 20.3 Å². The van der Waals surface area contributed by atoms with Crippen LogP contribution < -0.4 is 10.6 Å². The number of allylic oxidation sites excluding steroid dienone is 1. The van der Waals surface area contributed by atoms with E-state index in [1.807, 2.05) is 0 Å². The minimum atomic E-state index is 0.920. The topological polar surface area (TPSA) is 24.1 Å². The highest BCUT2D eigenvalue weighted by Crippen LogP contribution is 2.05. The Morgan fingerprint density at radius 3 is 2.89 bits per heavy atom. The Hall–Kier alpha value is -0.500. The second-order valence-electron chi connectivity index (χ2n) is 2.51. The summed E-state index contributed by atoms with van der Waals surface area (Å²) in [5.41, 5.74) is 2.81. The molecule has 0 atom stereocenters. The summed E-state index contributed by atoms with van der Waals surface area (Å²) < 4.78 is 0. The van der Waals surface area contributed by atoms with Crippen molar-refractivity contribution < 1.29 is 0 Å². The van der Waals surface area contributed by atoms with E-state index >= 15 is 0 Å². The number of nitrogens with one attached hydrogen (secondary N) is 2. The van der Waals surface area contributed by atoms with Crippen LogP contribution in [-0.4, -0.2) is 13.2 Å². The van der Waals surface area contributed by atoms with Crippen LogP contribution in [0.15, 0.2) is 11.3 Å². The van der Waals surface area contributed by atoms with Gasteiger partial charge in [0.15, 0.2) is 0 Å². The van der Waals surface area contributed by atoms with Gasteiger partial charge in [-0.2, -0.15) is 0 Å². The molecule has 9 heavy (non-hydrogen) atoms. The summed E-state index contributed by atoms with van der Waals surface area (Å²) in [6.45, 7) is 6.33. The van der Waals surface area contributed by atoms with Crippen molar-refractivity contribution in [3.8, 4) is 0 Å². The van der Waals surface area contributed by atoms with Gasteiger partial charge in [0.1, 0.15) is 0 Å². The van der Waals surface area contributed by atoms with Gasteiger partial charge in [-0.25, -0.2) is 0 Å². The van der Waals surface area contributed by atoms with Crippen LogP contribution >= 0.6 is 0 Å². The van der Waals surface area contributed by atoms with Gasteiger partial charge in [0, 0.05) is 12.2 Å². The number of hydrogen-bond donors (Lipinski definition) is 2. The molecular weight excluding hydrogens is 112 g/mol. The first-order chi connectivity index (χ1) is 4.30. The van der Waals surface area contributed by atoms with E-state index in [9.17, 15) is 0 Å². The van der Waals surface area contributed by atoms with Gasteiger partial charge in [0.25, 0.3) is 0 Å². The summed E-state index contributed by atoms with van der Waals surface area (Å²) in [5.74, 6) is 0. The summed E-state index contributed by atoms with van der Waals surface area (Å²) in [4.78, 5) is 0. The molecule has 1 heterocycles. The summed E-state index contributed by atoms with van der Waals surface area (Å²) in [7, 11) is 0. The van der Waals surface area contributed by atoms with Crippen molar-refractivity contribution in [3.05, 3.63) is 11.3 Å². The molecule has 0 saturated heterocycles. The SMILES string of the molecule is CC1=C(C)NCNCC1. The second kappa shape index (κ2) is 2.87. The maximum atomic E-state index is 3.26. The van der Waals surface area contributed by atoms with Crippen LogP contribution in [-0.2, 0) is 0 Å². The Bertz CT molecular complexity index is 113. The molecule has 0 radical (unpaired) electrons. The average Bonchev–Trinajstić information content (AvgIpc) is 1.99. The number of hydrogen-bond acceptors (Lipinski definition) is 2. The predicted molar refractivity (Wildman–Crippen MR) is 39.0 cm³/mol. The molecule has 0 saturated carbocycles. The van der Waals surface area contributed by atoms with Gasteiger partial charge in [0.05, 0.1) is 6.67 Å². The summed E-state index contributed by atoms with van der Waals surface area (Å²) >= 11 is 0. The van der Waals surface area contributed by atoms with Gasteiger partial charge in [0.2, 0.25) is 0 Å². The molecule has 52 valence electrons. The lowest BCUT2D eigenvalue weighted by Crippen LogP contribution is -2.25. The quantitative estimate of drug-likeness (QED) is 0.502. The van der Waals surface area contributed by atoms with Gasteiger partial charge in [-0.05, 0) is 20.3 Å². The standard InChI is InChI=1S/C7H14N2/c1-6-3-4-8-5-9-7(6)2/h8-9H,3-5H2,1-2H3. The van der Waals surface area contributed by atoms with Gasteiger partial charge < -0.3 is 5.32 Å². The van der Waals surface area contributed by atoms with Crippen LogP contribution in [0.2, 0.25) is 0 Å². The highest BCUT2D eigenvalue weighted by Gasteiger charge is 1.99. The maximum Gasteiger partial charge on any atom is 0.0650 e. The Labute approximate surface area is 56.3 Å². The minimum absolute atomic E-state index is 0.920. The molecule has 1 aliphatic rings. The number of rotatable bonds is 0. The molecule has 0 aromatic carbocycles. The Morgan fingerprint density at radius 2 is 2.11 bits per heavy atom. The molecule has 0 unspecified atom stereocenters. The van der Waals surface area contributed by atoms with E-state index in [0.717, 1.165) is 13.2 Å². The van der Waals surface area contributed by atoms with Crippen molar-refractivity contribution in [1.29, 1.82) is 0 Å². The second-order valence-corrected chi connectivity index (χ2v) is 2.51. The molecule has 2 nitrogen and oxygen atoms in total. The summed E-state index contributed by atoms with van der Waals surface area (Å²) in [5, 5.41) is 6.52. The van der Waals surface area contributed by atoms with E-state index in [4.69, 9.17) is 0 Å². The zero-order valence-electron chi connectivity index (χ0n) is 6.12. The van der Waals surface area contributed by atoms with Crippen LogP contribution in [0.25, 0.3) is 0 Å². The molecule has 2 heteroatoms. The Balaban J connectivity index is 2.55. The molecule has 2 N–H and O–H groups in total. The van der Waals surface area contributed by atoms with Crippen molar-refractivity contribution in [3.63, 3.8) is 0 Å². The zero-order valence-corrected chi connectivity index (χ0v) is 6.12. The fourth-order valence-electron chi connectivity index (χ4n) is 0.898. The van der Waals surface area contributed by atoms with Crippen molar-refractivity contribution >= 4 is 0 Å². The van der Waals surface area contributed by atoms with Gasteiger partial charge in [-0.15, -0.1) is 0 Å². The Kier molecular flexibility index (Phi) is 2.11. The summed E-state index contributed by atoms with van der Waals surface area (Å²) in [6.07, 6.45) is 1.18. The van der Waals surface area contributed by atoms with Crippen molar-refractivity contribution in [2.24, 2.45) is 0 Å². The van der Waals surface area contributed by atoms with E-state index in [0.29, 0.717) is 0 Å². The molecule has 0 spiro atoms. The largest absolute Gasteiger partial charge is 0.376 e. The third-order valence-corrected chi connectivity index (χ3v) is 1.80. The molecule has 0 fully saturated rings. The van der Waals surface area contributed by atoms with Crippen LogP contribution in [0.5, 0.6) is 0 Å². The van der Waals surface area contributed by atoms with Crippen LogP contribution in [0.4, 0.5) is 0 Å². The average molecular weight is 126 g/mol. The predicted octanol–water partition coefficient (Wildman–Crippen LogP) is 0.821. The van der Waals surface area contributed by atoms with E-state index < -0.39 is 0 Å². The monoisotopic (exact) mass is 126 g/mol. The molecule has 1 aliphatic heterocycles. The lowest BCUT2D eigenvalue weighted by atomic mass is 10.2.